The number of hydrogen-bond acceptors (Lipinski definition) is 6. The van der Waals surface area contributed by atoms with Gasteiger partial charge in [0, 0.05) is 12.8 Å². The van der Waals surface area contributed by atoms with Crippen LogP contribution >= 0.6 is 7.82 Å². The second kappa shape index (κ2) is 35.1. The van der Waals surface area contributed by atoms with Gasteiger partial charge < -0.3 is 19.3 Å². The summed E-state index contributed by atoms with van der Waals surface area (Å²) >= 11 is 0. The molecule has 0 heterocycles. The zero-order chi connectivity index (χ0) is 36.1. The lowest BCUT2D eigenvalue weighted by Gasteiger charge is -2.18. The lowest BCUT2D eigenvalue weighted by molar-refractivity contribution is -0.161. The van der Waals surface area contributed by atoms with E-state index in [0.29, 0.717) is 19.3 Å². The van der Waals surface area contributed by atoms with Crippen LogP contribution in [0.4, 0.5) is 0 Å². The number of phosphoric ester groups is 1. The van der Waals surface area contributed by atoms with Crippen molar-refractivity contribution in [1.82, 2.24) is 0 Å². The average molecular weight is 705 g/mol. The van der Waals surface area contributed by atoms with Gasteiger partial charge >= 0.3 is 19.8 Å². The highest BCUT2D eigenvalue weighted by Crippen LogP contribution is 2.35. The molecule has 0 amide bonds. The fourth-order valence-corrected chi connectivity index (χ4v) is 4.78. The second-order valence-electron chi connectivity index (χ2n) is 11.8. The summed E-state index contributed by atoms with van der Waals surface area (Å²) in [5, 5.41) is 0. The third-order valence-electron chi connectivity index (χ3n) is 7.15. The summed E-state index contributed by atoms with van der Waals surface area (Å²) in [6.45, 7) is 3.44. The lowest BCUT2D eigenvalue weighted by atomic mass is 10.1. The number of hydrogen-bond donors (Lipinski definition) is 2. The average Bonchev–Trinajstić information content (AvgIpc) is 3.07. The molecule has 49 heavy (non-hydrogen) atoms. The van der Waals surface area contributed by atoms with Crippen molar-refractivity contribution in [3.8, 4) is 0 Å². The first-order chi connectivity index (χ1) is 23.8. The summed E-state index contributed by atoms with van der Waals surface area (Å²) in [5.74, 6) is -0.980. The summed E-state index contributed by atoms with van der Waals surface area (Å²) in [6, 6.07) is 0. The Morgan fingerprint density at radius 3 is 1.53 bits per heavy atom. The molecule has 8 nitrogen and oxygen atoms in total. The Morgan fingerprint density at radius 2 is 1.00 bits per heavy atom. The first-order valence-corrected chi connectivity index (χ1v) is 19.9. The maximum atomic E-state index is 12.3. The van der Waals surface area contributed by atoms with Crippen LogP contribution < -0.4 is 0 Å². The quantitative estimate of drug-likeness (QED) is 0.0307. The van der Waals surface area contributed by atoms with Crippen molar-refractivity contribution in [2.24, 2.45) is 0 Å². The third kappa shape index (κ3) is 37.9. The van der Waals surface area contributed by atoms with E-state index < -0.39 is 32.5 Å². The zero-order valence-corrected chi connectivity index (χ0v) is 31.2. The van der Waals surface area contributed by atoms with Gasteiger partial charge in [0.1, 0.15) is 6.61 Å². The summed E-state index contributed by atoms with van der Waals surface area (Å²) in [7, 11) is -4.77. The normalized spacial score (nSPS) is 13.5. The van der Waals surface area contributed by atoms with Gasteiger partial charge in [-0.3, -0.25) is 14.1 Å². The third-order valence-corrected chi connectivity index (χ3v) is 7.63. The summed E-state index contributed by atoms with van der Waals surface area (Å²) in [4.78, 5) is 42.6. The SMILES string of the molecule is CC/C=C\C/C=C\C/C=C\C/C=C\C/C=C\CCCC(=O)OC(COC(=O)CCCCCCC/C=C\C/C=C\CCCC)COP(=O)(O)O. The largest absolute Gasteiger partial charge is 0.469 e. The number of carbonyl (C=O) groups is 2. The van der Waals surface area contributed by atoms with Gasteiger partial charge in [0.15, 0.2) is 6.10 Å². The van der Waals surface area contributed by atoms with Crippen LogP contribution in [0.5, 0.6) is 0 Å². The van der Waals surface area contributed by atoms with Crippen LogP contribution in [0.15, 0.2) is 85.1 Å². The van der Waals surface area contributed by atoms with Crippen LogP contribution in [-0.4, -0.2) is 41.0 Å². The van der Waals surface area contributed by atoms with Gasteiger partial charge in [-0.25, -0.2) is 4.57 Å². The molecule has 1 unspecified atom stereocenters. The number of phosphoric acid groups is 1. The van der Waals surface area contributed by atoms with Crippen molar-refractivity contribution in [2.75, 3.05) is 13.2 Å². The number of ether oxygens (including phenoxy) is 2. The molecule has 0 spiro atoms. The fourth-order valence-electron chi connectivity index (χ4n) is 4.42. The molecule has 0 aliphatic heterocycles. The molecule has 0 aliphatic rings. The molecule has 0 saturated heterocycles. The Kier molecular flexibility index (Phi) is 33.1. The number of esters is 2. The number of rotatable bonds is 32. The van der Waals surface area contributed by atoms with Gasteiger partial charge in [-0.05, 0) is 77.0 Å². The van der Waals surface area contributed by atoms with E-state index in [1.54, 1.807) is 0 Å². The molecule has 0 aromatic rings. The molecule has 0 fully saturated rings. The van der Waals surface area contributed by atoms with Crippen LogP contribution in [0.2, 0.25) is 0 Å². The maximum Gasteiger partial charge on any atom is 0.469 e. The molecule has 0 saturated carbocycles. The van der Waals surface area contributed by atoms with Crippen LogP contribution in [-0.2, 0) is 28.2 Å². The number of unbranched alkanes of at least 4 members (excludes halogenated alkanes) is 8. The second-order valence-corrected chi connectivity index (χ2v) is 13.0. The Balaban J connectivity index is 4.14. The molecule has 0 rings (SSSR count). The van der Waals surface area contributed by atoms with Gasteiger partial charge in [0.05, 0.1) is 6.61 Å². The van der Waals surface area contributed by atoms with Gasteiger partial charge in [0.25, 0.3) is 0 Å². The van der Waals surface area contributed by atoms with E-state index in [9.17, 15) is 14.2 Å². The Labute approximate surface area is 297 Å². The van der Waals surface area contributed by atoms with Crippen molar-refractivity contribution in [2.45, 2.75) is 142 Å². The molecule has 9 heteroatoms. The van der Waals surface area contributed by atoms with Gasteiger partial charge in [-0.2, -0.15) is 0 Å². The van der Waals surface area contributed by atoms with Crippen LogP contribution in [0, 0.1) is 0 Å². The summed E-state index contributed by atoms with van der Waals surface area (Å²) < 4.78 is 26.2. The van der Waals surface area contributed by atoms with E-state index in [4.69, 9.17) is 19.3 Å². The van der Waals surface area contributed by atoms with E-state index in [-0.39, 0.29) is 19.4 Å². The standard InChI is InChI=1S/C40H65O8P/c1-3-5-7-9-11-13-15-17-19-20-21-23-25-27-29-31-33-35-40(42)48-38(37-47-49(43,44)45)36-46-39(41)34-32-30-28-26-24-22-18-16-14-12-10-8-6-4-2/h5,7,10-13,16-19,21,23,27,29,38H,3-4,6,8-9,14-15,20,22,24-26,28,30-37H2,1-2H3,(H2,43,44,45)/b7-5-,12-10-,13-11-,18-16-,19-17-,23-21-,29-27-. The smallest absolute Gasteiger partial charge is 0.462 e. The molecule has 0 aromatic heterocycles. The van der Waals surface area contributed by atoms with Crippen molar-refractivity contribution >= 4 is 19.8 Å². The van der Waals surface area contributed by atoms with Gasteiger partial charge in [-0.15, -0.1) is 0 Å². The number of carbonyl (C=O) groups excluding carboxylic acids is 2. The first-order valence-electron chi connectivity index (χ1n) is 18.4. The van der Waals surface area contributed by atoms with E-state index in [2.05, 4.69) is 91.3 Å². The van der Waals surface area contributed by atoms with E-state index in [0.717, 1.165) is 77.0 Å². The number of allylic oxidation sites excluding steroid dienone is 14. The predicted octanol–water partition coefficient (Wildman–Crippen LogP) is 10.9. The van der Waals surface area contributed by atoms with Crippen LogP contribution in [0.1, 0.15) is 136 Å². The van der Waals surface area contributed by atoms with Crippen molar-refractivity contribution in [3.63, 3.8) is 0 Å². The van der Waals surface area contributed by atoms with Gasteiger partial charge in [0.2, 0.25) is 0 Å². The van der Waals surface area contributed by atoms with Gasteiger partial charge in [-0.1, -0.05) is 131 Å². The molecule has 0 aliphatic carbocycles. The highest BCUT2D eigenvalue weighted by atomic mass is 31.2. The van der Waals surface area contributed by atoms with Crippen LogP contribution in [0.3, 0.4) is 0 Å². The first kappa shape index (κ1) is 46.2. The lowest BCUT2D eigenvalue weighted by Crippen LogP contribution is -2.29. The Morgan fingerprint density at radius 1 is 0.551 bits per heavy atom. The summed E-state index contributed by atoms with van der Waals surface area (Å²) in [5.41, 5.74) is 0. The monoisotopic (exact) mass is 704 g/mol. The van der Waals surface area contributed by atoms with E-state index in [1.165, 1.54) is 12.8 Å². The van der Waals surface area contributed by atoms with E-state index >= 15 is 0 Å². The zero-order valence-electron chi connectivity index (χ0n) is 30.3. The minimum atomic E-state index is -4.77. The maximum absolute atomic E-state index is 12.3. The molecular formula is C40H65O8P. The molecule has 2 N–H and O–H groups in total. The van der Waals surface area contributed by atoms with Crippen LogP contribution in [0.25, 0.3) is 0 Å². The minimum Gasteiger partial charge on any atom is -0.462 e. The Hall–Kier alpha value is -2.77. The minimum absolute atomic E-state index is 0.126. The molecule has 0 aromatic carbocycles. The highest BCUT2D eigenvalue weighted by molar-refractivity contribution is 7.46. The fraction of sp³-hybridized carbons (Fsp3) is 0.600. The molecule has 1 atom stereocenters. The van der Waals surface area contributed by atoms with Crippen molar-refractivity contribution in [1.29, 1.82) is 0 Å². The predicted molar refractivity (Wildman–Crippen MR) is 202 cm³/mol. The molecular weight excluding hydrogens is 639 g/mol. The molecule has 0 bridgehead atoms. The summed E-state index contributed by atoms with van der Waals surface area (Å²) in [6.07, 6.45) is 45.9. The topological polar surface area (TPSA) is 119 Å². The van der Waals surface area contributed by atoms with Crippen molar-refractivity contribution < 1.29 is 37.9 Å². The highest BCUT2D eigenvalue weighted by Gasteiger charge is 2.22. The van der Waals surface area contributed by atoms with E-state index in [1.807, 2.05) is 12.2 Å². The van der Waals surface area contributed by atoms with Crippen molar-refractivity contribution in [3.05, 3.63) is 85.1 Å². The Bertz CT molecular complexity index is 1060. The molecule has 0 radical (unpaired) electrons. The molecule has 278 valence electrons.